The maximum Gasteiger partial charge on any atom is 0.267 e. The average molecular weight is 324 g/mol. The molecular formula is C19H20N2O3. The quantitative estimate of drug-likeness (QED) is 0.940. The zero-order valence-corrected chi connectivity index (χ0v) is 13.8. The molecule has 3 rings (SSSR count). The Morgan fingerprint density at radius 2 is 1.96 bits per heavy atom. The molecule has 1 unspecified atom stereocenters. The van der Waals surface area contributed by atoms with Crippen molar-refractivity contribution in [1.82, 2.24) is 0 Å². The first-order valence-electron chi connectivity index (χ1n) is 8.04. The molecule has 0 aliphatic carbocycles. The van der Waals surface area contributed by atoms with Gasteiger partial charge >= 0.3 is 0 Å². The third kappa shape index (κ3) is 3.25. The van der Waals surface area contributed by atoms with Crippen LogP contribution in [-0.4, -0.2) is 24.5 Å². The molecule has 1 heterocycles. The van der Waals surface area contributed by atoms with Crippen molar-refractivity contribution >= 4 is 23.2 Å². The lowest BCUT2D eigenvalue weighted by Gasteiger charge is -2.32. The van der Waals surface area contributed by atoms with Crippen LogP contribution >= 0.6 is 0 Å². The van der Waals surface area contributed by atoms with Gasteiger partial charge < -0.3 is 15.0 Å². The molecule has 1 atom stereocenters. The van der Waals surface area contributed by atoms with Crippen LogP contribution in [0.5, 0.6) is 5.75 Å². The molecule has 5 nitrogen and oxygen atoms in total. The minimum atomic E-state index is -0.521. The summed E-state index contributed by atoms with van der Waals surface area (Å²) in [6.45, 7) is 4.24. The summed E-state index contributed by atoms with van der Waals surface area (Å²) in [4.78, 5) is 26.0. The largest absolute Gasteiger partial charge is 0.479 e. The molecule has 1 aliphatic rings. The molecule has 0 bridgehead atoms. The van der Waals surface area contributed by atoms with Crippen LogP contribution in [0, 0.1) is 0 Å². The van der Waals surface area contributed by atoms with Gasteiger partial charge in [-0.25, -0.2) is 0 Å². The SMILES string of the molecule is CCN1C(=O)C(C)Oc2cc(NC(=O)Cc3ccccc3)ccc21. The van der Waals surface area contributed by atoms with Gasteiger partial charge in [0, 0.05) is 18.3 Å². The van der Waals surface area contributed by atoms with Crippen molar-refractivity contribution in [2.45, 2.75) is 26.4 Å². The van der Waals surface area contributed by atoms with Crippen LogP contribution in [0.3, 0.4) is 0 Å². The number of likely N-dealkylation sites (N-methyl/N-ethyl adjacent to an activating group) is 1. The Labute approximate surface area is 141 Å². The second-order valence-corrected chi connectivity index (χ2v) is 5.74. The van der Waals surface area contributed by atoms with Crippen molar-refractivity contribution < 1.29 is 14.3 Å². The van der Waals surface area contributed by atoms with E-state index in [1.165, 1.54) is 0 Å². The van der Waals surface area contributed by atoms with Crippen LogP contribution < -0.4 is 15.0 Å². The third-order valence-electron chi connectivity index (χ3n) is 3.98. The van der Waals surface area contributed by atoms with Gasteiger partial charge in [-0.2, -0.15) is 0 Å². The lowest BCUT2D eigenvalue weighted by Crippen LogP contribution is -2.44. The molecule has 1 N–H and O–H groups in total. The molecule has 0 radical (unpaired) electrons. The van der Waals surface area contributed by atoms with E-state index in [-0.39, 0.29) is 11.8 Å². The van der Waals surface area contributed by atoms with Crippen molar-refractivity contribution in [3.63, 3.8) is 0 Å². The summed E-state index contributed by atoms with van der Waals surface area (Å²) in [5.74, 6) is 0.473. The fourth-order valence-electron chi connectivity index (χ4n) is 2.80. The van der Waals surface area contributed by atoms with Crippen LogP contribution in [-0.2, 0) is 16.0 Å². The van der Waals surface area contributed by atoms with Gasteiger partial charge in [-0.1, -0.05) is 30.3 Å². The Morgan fingerprint density at radius 1 is 1.21 bits per heavy atom. The van der Waals surface area contributed by atoms with Crippen LogP contribution in [0.4, 0.5) is 11.4 Å². The Morgan fingerprint density at radius 3 is 2.67 bits per heavy atom. The monoisotopic (exact) mass is 324 g/mol. The van der Waals surface area contributed by atoms with E-state index in [1.54, 1.807) is 30.0 Å². The Balaban J connectivity index is 1.75. The Hall–Kier alpha value is -2.82. The zero-order valence-electron chi connectivity index (χ0n) is 13.8. The number of benzene rings is 2. The summed E-state index contributed by atoms with van der Waals surface area (Å²) in [5, 5.41) is 2.88. The molecule has 5 heteroatoms. The molecule has 0 spiro atoms. The maximum absolute atomic E-state index is 12.2. The summed E-state index contributed by atoms with van der Waals surface area (Å²) >= 11 is 0. The fraction of sp³-hybridized carbons (Fsp3) is 0.263. The van der Waals surface area contributed by atoms with Crippen LogP contribution in [0.25, 0.3) is 0 Å². The van der Waals surface area contributed by atoms with E-state index in [4.69, 9.17) is 4.74 Å². The molecule has 24 heavy (non-hydrogen) atoms. The van der Waals surface area contributed by atoms with Gasteiger partial charge in [0.1, 0.15) is 5.75 Å². The summed E-state index contributed by atoms with van der Waals surface area (Å²) in [6, 6.07) is 14.9. The molecule has 2 amide bonds. The van der Waals surface area contributed by atoms with Gasteiger partial charge in [0.05, 0.1) is 12.1 Å². The first-order chi connectivity index (χ1) is 11.6. The van der Waals surface area contributed by atoms with Crippen molar-refractivity contribution in [2.24, 2.45) is 0 Å². The first kappa shape index (κ1) is 16.1. The van der Waals surface area contributed by atoms with Gasteiger partial charge in [-0.05, 0) is 31.5 Å². The number of hydrogen-bond donors (Lipinski definition) is 1. The van der Waals surface area contributed by atoms with Crippen molar-refractivity contribution in [2.75, 3.05) is 16.8 Å². The third-order valence-corrected chi connectivity index (χ3v) is 3.98. The summed E-state index contributed by atoms with van der Waals surface area (Å²) < 4.78 is 5.67. The van der Waals surface area contributed by atoms with E-state index in [1.807, 2.05) is 37.3 Å². The summed E-state index contributed by atoms with van der Waals surface area (Å²) in [7, 11) is 0. The highest BCUT2D eigenvalue weighted by atomic mass is 16.5. The highest BCUT2D eigenvalue weighted by Gasteiger charge is 2.30. The van der Waals surface area contributed by atoms with E-state index in [9.17, 15) is 9.59 Å². The van der Waals surface area contributed by atoms with Crippen LogP contribution in [0.1, 0.15) is 19.4 Å². The number of hydrogen-bond acceptors (Lipinski definition) is 3. The first-order valence-corrected chi connectivity index (χ1v) is 8.04. The molecular weight excluding hydrogens is 304 g/mol. The molecule has 0 aromatic heterocycles. The lowest BCUT2D eigenvalue weighted by atomic mass is 10.1. The second-order valence-electron chi connectivity index (χ2n) is 5.74. The minimum absolute atomic E-state index is 0.0501. The number of fused-ring (bicyclic) bond motifs is 1. The predicted molar refractivity (Wildman–Crippen MR) is 93.3 cm³/mol. The Kier molecular flexibility index (Phi) is 4.51. The molecule has 124 valence electrons. The highest BCUT2D eigenvalue weighted by molar-refractivity contribution is 6.00. The molecule has 0 saturated carbocycles. The number of nitrogens with one attached hydrogen (secondary N) is 1. The molecule has 0 saturated heterocycles. The smallest absolute Gasteiger partial charge is 0.267 e. The minimum Gasteiger partial charge on any atom is -0.479 e. The van der Waals surface area contributed by atoms with Gasteiger partial charge in [0.2, 0.25) is 5.91 Å². The Bertz CT molecular complexity index is 758. The highest BCUT2D eigenvalue weighted by Crippen LogP contribution is 2.36. The number of anilines is 2. The van der Waals surface area contributed by atoms with E-state index in [0.29, 0.717) is 24.4 Å². The zero-order chi connectivity index (χ0) is 17.1. The number of ether oxygens (including phenoxy) is 1. The van der Waals surface area contributed by atoms with Crippen LogP contribution in [0.15, 0.2) is 48.5 Å². The lowest BCUT2D eigenvalue weighted by molar-refractivity contribution is -0.125. The topological polar surface area (TPSA) is 58.6 Å². The maximum atomic E-state index is 12.2. The van der Waals surface area contributed by atoms with Gasteiger partial charge in [0.25, 0.3) is 5.91 Å². The summed E-state index contributed by atoms with van der Waals surface area (Å²) in [5.41, 5.74) is 2.36. The van der Waals surface area contributed by atoms with E-state index >= 15 is 0 Å². The van der Waals surface area contributed by atoms with Gasteiger partial charge in [0.15, 0.2) is 6.10 Å². The second kappa shape index (κ2) is 6.74. The molecule has 1 aliphatic heterocycles. The standard InChI is InChI=1S/C19H20N2O3/c1-3-21-16-10-9-15(12-17(16)24-13(2)19(21)23)20-18(22)11-14-7-5-4-6-8-14/h4-10,12-13H,3,11H2,1-2H3,(H,20,22). The number of carbonyl (C=O) groups excluding carboxylic acids is 2. The number of amides is 2. The van der Waals surface area contributed by atoms with E-state index in [2.05, 4.69) is 5.32 Å². The van der Waals surface area contributed by atoms with Crippen molar-refractivity contribution in [3.05, 3.63) is 54.1 Å². The van der Waals surface area contributed by atoms with Gasteiger partial charge in [-0.15, -0.1) is 0 Å². The van der Waals surface area contributed by atoms with Crippen molar-refractivity contribution in [1.29, 1.82) is 0 Å². The fourth-order valence-corrected chi connectivity index (χ4v) is 2.80. The van der Waals surface area contributed by atoms with E-state index < -0.39 is 6.10 Å². The molecule has 2 aromatic rings. The van der Waals surface area contributed by atoms with E-state index in [0.717, 1.165) is 11.3 Å². The summed E-state index contributed by atoms with van der Waals surface area (Å²) in [6.07, 6.45) is -0.206. The number of carbonyl (C=O) groups is 2. The van der Waals surface area contributed by atoms with Crippen molar-refractivity contribution in [3.8, 4) is 5.75 Å². The molecule has 2 aromatic carbocycles. The molecule has 0 fully saturated rings. The average Bonchev–Trinajstić information content (AvgIpc) is 2.57. The van der Waals surface area contributed by atoms with Gasteiger partial charge in [-0.3, -0.25) is 9.59 Å². The normalized spacial score (nSPS) is 16.3. The number of rotatable bonds is 4. The van der Waals surface area contributed by atoms with Crippen LogP contribution in [0.2, 0.25) is 0 Å². The predicted octanol–water partition coefficient (Wildman–Crippen LogP) is 3.00. The number of nitrogens with zero attached hydrogens (tertiary/aromatic N) is 1.